The molecule has 0 fully saturated rings. The number of nitrogens with one attached hydrogen (secondary N) is 1. The number of hydrogen-bond donors (Lipinski definition) is 2. The molecule has 1 atom stereocenters. The van der Waals surface area contributed by atoms with Gasteiger partial charge in [0.25, 0.3) is 0 Å². The van der Waals surface area contributed by atoms with Gasteiger partial charge in [0.1, 0.15) is 12.4 Å². The van der Waals surface area contributed by atoms with Crippen LogP contribution in [0, 0.1) is 6.92 Å². The van der Waals surface area contributed by atoms with Crippen molar-refractivity contribution in [1.82, 2.24) is 0 Å². The number of amides is 1. The van der Waals surface area contributed by atoms with Crippen LogP contribution in [-0.2, 0) is 9.53 Å². The molecule has 0 heterocycles. The first-order valence-corrected chi connectivity index (χ1v) is 5.83. The second-order valence-electron chi connectivity index (χ2n) is 4.10. The van der Waals surface area contributed by atoms with E-state index in [4.69, 9.17) is 15.2 Å². The second-order valence-corrected chi connectivity index (χ2v) is 4.10. The summed E-state index contributed by atoms with van der Waals surface area (Å²) in [4.78, 5) is 11.5. The number of aryl methyl sites for hydroxylation is 1. The minimum atomic E-state index is -0.526. The Morgan fingerprint density at radius 3 is 2.72 bits per heavy atom. The van der Waals surface area contributed by atoms with Gasteiger partial charge in [-0.15, -0.1) is 0 Å². The molecule has 0 aliphatic heterocycles. The molecule has 1 aromatic rings. The molecular weight excluding hydrogens is 232 g/mol. The lowest BCUT2D eigenvalue weighted by molar-refractivity contribution is -0.117. The van der Waals surface area contributed by atoms with Crippen molar-refractivity contribution in [1.29, 1.82) is 0 Å². The van der Waals surface area contributed by atoms with E-state index in [1.165, 1.54) is 0 Å². The summed E-state index contributed by atoms with van der Waals surface area (Å²) in [6, 6.07) is 4.95. The third kappa shape index (κ3) is 4.35. The smallest absolute Gasteiger partial charge is 0.241 e. The number of rotatable bonds is 6. The molecule has 0 aliphatic carbocycles. The van der Waals surface area contributed by atoms with E-state index in [9.17, 15) is 4.79 Å². The average Bonchev–Trinajstić information content (AvgIpc) is 2.32. The molecule has 1 aromatic carbocycles. The summed E-state index contributed by atoms with van der Waals surface area (Å²) in [6.07, 6.45) is 0. The van der Waals surface area contributed by atoms with Gasteiger partial charge in [-0.3, -0.25) is 4.79 Å². The number of hydrogen-bond acceptors (Lipinski definition) is 4. The van der Waals surface area contributed by atoms with E-state index < -0.39 is 6.04 Å². The molecule has 1 unspecified atom stereocenters. The highest BCUT2D eigenvalue weighted by molar-refractivity contribution is 5.95. The quantitative estimate of drug-likeness (QED) is 0.749. The lowest BCUT2D eigenvalue weighted by Crippen LogP contribution is -2.32. The van der Waals surface area contributed by atoms with Crippen LogP contribution in [0.15, 0.2) is 18.2 Å². The van der Waals surface area contributed by atoms with Crippen molar-refractivity contribution in [2.24, 2.45) is 5.73 Å². The summed E-state index contributed by atoms with van der Waals surface area (Å²) >= 11 is 0. The topological polar surface area (TPSA) is 73.6 Å². The molecule has 0 saturated heterocycles. The molecule has 100 valence electrons. The van der Waals surface area contributed by atoms with Crippen molar-refractivity contribution >= 4 is 11.6 Å². The van der Waals surface area contributed by atoms with E-state index in [-0.39, 0.29) is 5.91 Å². The predicted octanol–water partition coefficient (Wildman–Crippen LogP) is 1.31. The summed E-state index contributed by atoms with van der Waals surface area (Å²) in [5.74, 6) is 0.550. The minimum absolute atomic E-state index is 0.203. The Kier molecular flexibility index (Phi) is 5.61. The largest absolute Gasteiger partial charge is 0.491 e. The maximum absolute atomic E-state index is 11.5. The van der Waals surface area contributed by atoms with Gasteiger partial charge in [0, 0.05) is 12.8 Å². The zero-order valence-electron chi connectivity index (χ0n) is 11.0. The number of carbonyl (C=O) groups is 1. The molecule has 18 heavy (non-hydrogen) atoms. The van der Waals surface area contributed by atoms with Crippen molar-refractivity contribution in [3.8, 4) is 5.75 Å². The van der Waals surface area contributed by atoms with Crippen LogP contribution in [0.2, 0.25) is 0 Å². The number of ether oxygens (including phenoxy) is 2. The summed E-state index contributed by atoms with van der Waals surface area (Å²) in [7, 11) is 1.63. The fourth-order valence-electron chi connectivity index (χ4n) is 1.36. The van der Waals surface area contributed by atoms with Crippen LogP contribution in [0.1, 0.15) is 12.5 Å². The van der Waals surface area contributed by atoms with E-state index in [1.807, 2.05) is 13.0 Å². The normalized spacial score (nSPS) is 12.0. The maximum atomic E-state index is 11.5. The summed E-state index contributed by atoms with van der Waals surface area (Å²) in [6.45, 7) is 4.59. The van der Waals surface area contributed by atoms with Crippen molar-refractivity contribution in [3.05, 3.63) is 23.8 Å². The van der Waals surface area contributed by atoms with E-state index in [1.54, 1.807) is 26.2 Å². The van der Waals surface area contributed by atoms with Crippen molar-refractivity contribution in [3.63, 3.8) is 0 Å². The van der Waals surface area contributed by atoms with Gasteiger partial charge in [-0.05, 0) is 37.6 Å². The molecule has 5 heteroatoms. The van der Waals surface area contributed by atoms with Crippen LogP contribution in [-0.4, -0.2) is 32.3 Å². The van der Waals surface area contributed by atoms with Gasteiger partial charge in [0.2, 0.25) is 5.91 Å². The summed E-state index contributed by atoms with van der Waals surface area (Å²) in [5.41, 5.74) is 7.17. The number of nitrogens with two attached hydrogens (primary N) is 1. The number of carbonyl (C=O) groups excluding carboxylic acids is 1. The number of methoxy groups -OCH3 is 1. The zero-order valence-corrected chi connectivity index (χ0v) is 11.0. The van der Waals surface area contributed by atoms with Crippen LogP contribution in [0.25, 0.3) is 0 Å². The molecule has 1 amide bonds. The monoisotopic (exact) mass is 252 g/mol. The highest BCUT2D eigenvalue weighted by atomic mass is 16.5. The van der Waals surface area contributed by atoms with Crippen molar-refractivity contribution in [2.45, 2.75) is 19.9 Å². The standard InChI is InChI=1S/C13H20N2O3/c1-9-8-11(18-7-6-17-3)4-5-12(9)15-13(16)10(2)14/h4-5,8,10H,6-7,14H2,1-3H3,(H,15,16). The van der Waals surface area contributed by atoms with Crippen LogP contribution in [0.3, 0.4) is 0 Å². The lowest BCUT2D eigenvalue weighted by atomic mass is 10.2. The fraction of sp³-hybridized carbons (Fsp3) is 0.462. The molecular formula is C13H20N2O3. The van der Waals surface area contributed by atoms with Crippen molar-refractivity contribution < 1.29 is 14.3 Å². The van der Waals surface area contributed by atoms with Crippen LogP contribution < -0.4 is 15.8 Å². The van der Waals surface area contributed by atoms with E-state index in [0.717, 1.165) is 17.0 Å². The Labute approximate surface area is 107 Å². The van der Waals surface area contributed by atoms with Gasteiger partial charge in [-0.2, -0.15) is 0 Å². The average molecular weight is 252 g/mol. The Morgan fingerprint density at radius 1 is 1.44 bits per heavy atom. The van der Waals surface area contributed by atoms with Gasteiger partial charge < -0.3 is 20.5 Å². The number of benzene rings is 1. The minimum Gasteiger partial charge on any atom is -0.491 e. The van der Waals surface area contributed by atoms with E-state index in [0.29, 0.717) is 13.2 Å². The van der Waals surface area contributed by atoms with Crippen molar-refractivity contribution in [2.75, 3.05) is 25.6 Å². The highest BCUT2D eigenvalue weighted by Gasteiger charge is 2.09. The first-order chi connectivity index (χ1) is 8.54. The van der Waals surface area contributed by atoms with Crippen LogP contribution >= 0.6 is 0 Å². The fourth-order valence-corrected chi connectivity index (χ4v) is 1.36. The van der Waals surface area contributed by atoms with Gasteiger partial charge in [0.05, 0.1) is 12.6 Å². The Balaban J connectivity index is 2.64. The molecule has 0 aliphatic rings. The SMILES string of the molecule is COCCOc1ccc(NC(=O)C(C)N)c(C)c1. The van der Waals surface area contributed by atoms with E-state index in [2.05, 4.69) is 5.32 Å². The Hall–Kier alpha value is -1.59. The molecule has 0 saturated carbocycles. The molecule has 5 nitrogen and oxygen atoms in total. The first kappa shape index (κ1) is 14.5. The molecule has 0 radical (unpaired) electrons. The molecule has 3 N–H and O–H groups in total. The van der Waals surface area contributed by atoms with Gasteiger partial charge in [-0.25, -0.2) is 0 Å². The summed E-state index contributed by atoms with van der Waals surface area (Å²) < 4.78 is 10.4. The summed E-state index contributed by atoms with van der Waals surface area (Å²) in [5, 5.41) is 2.76. The van der Waals surface area contributed by atoms with Crippen LogP contribution in [0.4, 0.5) is 5.69 Å². The van der Waals surface area contributed by atoms with Gasteiger partial charge >= 0.3 is 0 Å². The molecule has 1 rings (SSSR count). The van der Waals surface area contributed by atoms with Crippen LogP contribution in [0.5, 0.6) is 5.75 Å². The molecule has 0 aromatic heterocycles. The third-order valence-corrected chi connectivity index (χ3v) is 2.43. The van der Waals surface area contributed by atoms with E-state index >= 15 is 0 Å². The second kappa shape index (κ2) is 6.98. The van der Waals surface area contributed by atoms with Gasteiger partial charge in [-0.1, -0.05) is 0 Å². The number of anilines is 1. The highest BCUT2D eigenvalue weighted by Crippen LogP contribution is 2.21. The predicted molar refractivity (Wildman–Crippen MR) is 70.8 cm³/mol. The molecule has 0 bridgehead atoms. The first-order valence-electron chi connectivity index (χ1n) is 5.83. The Morgan fingerprint density at radius 2 is 2.17 bits per heavy atom. The zero-order chi connectivity index (χ0) is 13.5. The van der Waals surface area contributed by atoms with Gasteiger partial charge in [0.15, 0.2) is 0 Å². The lowest BCUT2D eigenvalue weighted by Gasteiger charge is -2.12. The third-order valence-electron chi connectivity index (χ3n) is 2.43. The maximum Gasteiger partial charge on any atom is 0.241 e. The Bertz CT molecular complexity index is 405. The molecule has 0 spiro atoms.